The van der Waals surface area contributed by atoms with Crippen LogP contribution in [0.2, 0.25) is 0 Å². The molecule has 21 heavy (non-hydrogen) atoms. The molecule has 0 aromatic heterocycles. The van der Waals surface area contributed by atoms with Crippen LogP contribution < -0.4 is 15.8 Å². The zero-order chi connectivity index (χ0) is 15.7. The third-order valence-electron chi connectivity index (χ3n) is 2.85. The molecule has 0 aliphatic carbocycles. The minimum Gasteiger partial charge on any atom is -0.491 e. The number of hydrogen-bond donors (Lipinski definition) is 2. The Hall–Kier alpha value is -1.36. The largest absolute Gasteiger partial charge is 0.491 e. The molecule has 4 heteroatoms. The van der Waals surface area contributed by atoms with Crippen molar-refractivity contribution >= 4 is 0 Å². The quantitative estimate of drug-likeness (QED) is 0.514. The Balaban J connectivity index is 2.49. The number of hydrogen-bond acceptors (Lipinski definition) is 4. The molecular weight excluding hydrogens is 264 g/mol. The fourth-order valence-electron chi connectivity index (χ4n) is 1.97. The van der Waals surface area contributed by atoms with E-state index in [0.717, 1.165) is 23.4 Å². The van der Waals surface area contributed by atoms with Crippen LogP contribution in [-0.2, 0) is 4.74 Å². The summed E-state index contributed by atoms with van der Waals surface area (Å²) < 4.78 is 11.2. The second kappa shape index (κ2) is 9.55. The molecule has 0 spiro atoms. The van der Waals surface area contributed by atoms with Gasteiger partial charge in [0.1, 0.15) is 5.75 Å². The van der Waals surface area contributed by atoms with Gasteiger partial charge < -0.3 is 20.5 Å². The van der Waals surface area contributed by atoms with E-state index in [9.17, 15) is 0 Å². The standard InChI is InChI=1S/C17H28N2O2/c1-13(2)12-20-9-8-19-17(11-18)15-6-5-7-16(10-15)21-14(3)4/h5-7,10,14,17,19H,1,8-9,11-12,18H2,2-4H3. The Morgan fingerprint density at radius 2 is 2.14 bits per heavy atom. The van der Waals surface area contributed by atoms with Crippen molar-refractivity contribution in [1.29, 1.82) is 0 Å². The average molecular weight is 292 g/mol. The van der Waals surface area contributed by atoms with E-state index in [1.54, 1.807) is 0 Å². The smallest absolute Gasteiger partial charge is 0.120 e. The van der Waals surface area contributed by atoms with Gasteiger partial charge in [-0.1, -0.05) is 24.3 Å². The van der Waals surface area contributed by atoms with Crippen LogP contribution in [0, 0.1) is 0 Å². The molecule has 0 bridgehead atoms. The average Bonchev–Trinajstić information content (AvgIpc) is 2.42. The maximum atomic E-state index is 5.86. The van der Waals surface area contributed by atoms with E-state index in [0.29, 0.717) is 19.8 Å². The molecule has 0 heterocycles. The minimum absolute atomic E-state index is 0.106. The fraction of sp³-hybridized carbons (Fsp3) is 0.529. The van der Waals surface area contributed by atoms with Crippen molar-refractivity contribution in [2.24, 2.45) is 5.73 Å². The van der Waals surface area contributed by atoms with Crippen molar-refractivity contribution in [3.05, 3.63) is 42.0 Å². The number of rotatable bonds is 10. The second-order valence-corrected chi connectivity index (χ2v) is 5.49. The lowest BCUT2D eigenvalue weighted by atomic mass is 10.1. The molecule has 0 saturated carbocycles. The van der Waals surface area contributed by atoms with Crippen LogP contribution in [0.3, 0.4) is 0 Å². The van der Waals surface area contributed by atoms with Crippen molar-refractivity contribution < 1.29 is 9.47 Å². The molecule has 0 radical (unpaired) electrons. The van der Waals surface area contributed by atoms with Gasteiger partial charge in [-0.25, -0.2) is 0 Å². The summed E-state index contributed by atoms with van der Waals surface area (Å²) in [6, 6.07) is 8.17. The predicted molar refractivity (Wildman–Crippen MR) is 87.6 cm³/mol. The van der Waals surface area contributed by atoms with E-state index in [1.807, 2.05) is 39.0 Å². The van der Waals surface area contributed by atoms with Gasteiger partial charge in [0, 0.05) is 19.1 Å². The van der Waals surface area contributed by atoms with Gasteiger partial charge in [0.2, 0.25) is 0 Å². The van der Waals surface area contributed by atoms with Crippen LogP contribution >= 0.6 is 0 Å². The topological polar surface area (TPSA) is 56.5 Å². The SMILES string of the molecule is C=C(C)COCCNC(CN)c1cccc(OC(C)C)c1. The molecule has 1 unspecified atom stereocenters. The first kappa shape index (κ1) is 17.7. The zero-order valence-corrected chi connectivity index (χ0v) is 13.4. The highest BCUT2D eigenvalue weighted by Gasteiger charge is 2.10. The van der Waals surface area contributed by atoms with E-state index >= 15 is 0 Å². The summed E-state index contributed by atoms with van der Waals surface area (Å²) in [5.74, 6) is 0.876. The molecule has 4 nitrogen and oxygen atoms in total. The molecular formula is C17H28N2O2. The van der Waals surface area contributed by atoms with Crippen LogP contribution in [0.1, 0.15) is 32.4 Å². The molecule has 0 aliphatic heterocycles. The van der Waals surface area contributed by atoms with Crippen molar-refractivity contribution in [3.63, 3.8) is 0 Å². The summed E-state index contributed by atoms with van der Waals surface area (Å²) in [7, 11) is 0. The Morgan fingerprint density at radius 3 is 2.76 bits per heavy atom. The molecule has 1 atom stereocenters. The normalized spacial score (nSPS) is 12.4. The summed E-state index contributed by atoms with van der Waals surface area (Å²) >= 11 is 0. The lowest BCUT2D eigenvalue weighted by Crippen LogP contribution is -2.31. The van der Waals surface area contributed by atoms with E-state index in [-0.39, 0.29) is 12.1 Å². The monoisotopic (exact) mass is 292 g/mol. The maximum absolute atomic E-state index is 5.86. The van der Waals surface area contributed by atoms with Crippen molar-refractivity contribution in [1.82, 2.24) is 5.32 Å². The lowest BCUT2D eigenvalue weighted by molar-refractivity contribution is 0.155. The van der Waals surface area contributed by atoms with E-state index < -0.39 is 0 Å². The minimum atomic E-state index is 0.106. The van der Waals surface area contributed by atoms with Gasteiger partial charge in [0.25, 0.3) is 0 Å². The Labute approximate surface area is 128 Å². The van der Waals surface area contributed by atoms with Gasteiger partial charge in [-0.15, -0.1) is 0 Å². The van der Waals surface area contributed by atoms with Gasteiger partial charge in [-0.2, -0.15) is 0 Å². The van der Waals surface area contributed by atoms with Gasteiger partial charge in [0.05, 0.1) is 19.3 Å². The van der Waals surface area contributed by atoms with Crippen molar-refractivity contribution in [2.45, 2.75) is 32.9 Å². The highest BCUT2D eigenvalue weighted by atomic mass is 16.5. The summed E-state index contributed by atoms with van der Waals surface area (Å²) in [6.45, 7) is 12.3. The van der Waals surface area contributed by atoms with Gasteiger partial charge in [-0.05, 0) is 38.5 Å². The fourth-order valence-corrected chi connectivity index (χ4v) is 1.97. The Kier molecular flexibility index (Phi) is 8.05. The zero-order valence-electron chi connectivity index (χ0n) is 13.4. The van der Waals surface area contributed by atoms with Crippen LogP contribution in [0.5, 0.6) is 5.75 Å². The molecule has 3 N–H and O–H groups in total. The van der Waals surface area contributed by atoms with Gasteiger partial charge >= 0.3 is 0 Å². The molecule has 1 aromatic rings. The van der Waals surface area contributed by atoms with E-state index in [1.165, 1.54) is 0 Å². The molecule has 1 rings (SSSR count). The number of nitrogens with two attached hydrogens (primary N) is 1. The van der Waals surface area contributed by atoms with Crippen LogP contribution in [0.25, 0.3) is 0 Å². The Bertz CT molecular complexity index is 433. The predicted octanol–water partition coefficient (Wildman–Crippen LogP) is 2.66. The first-order valence-corrected chi connectivity index (χ1v) is 7.45. The number of ether oxygens (including phenoxy) is 2. The molecule has 0 aliphatic rings. The summed E-state index contributed by atoms with van der Waals surface area (Å²) in [4.78, 5) is 0. The van der Waals surface area contributed by atoms with Gasteiger partial charge in [0.15, 0.2) is 0 Å². The number of nitrogens with one attached hydrogen (secondary N) is 1. The summed E-state index contributed by atoms with van der Waals surface area (Å²) in [5, 5.41) is 3.40. The van der Waals surface area contributed by atoms with Gasteiger partial charge in [-0.3, -0.25) is 0 Å². The highest BCUT2D eigenvalue weighted by Crippen LogP contribution is 2.19. The first-order valence-electron chi connectivity index (χ1n) is 7.45. The maximum Gasteiger partial charge on any atom is 0.120 e. The van der Waals surface area contributed by atoms with E-state index in [2.05, 4.69) is 18.0 Å². The second-order valence-electron chi connectivity index (χ2n) is 5.49. The third-order valence-corrected chi connectivity index (χ3v) is 2.85. The lowest BCUT2D eigenvalue weighted by Gasteiger charge is -2.19. The summed E-state index contributed by atoms with van der Waals surface area (Å²) in [5.41, 5.74) is 8.03. The number of benzene rings is 1. The highest BCUT2D eigenvalue weighted by molar-refractivity contribution is 5.31. The van der Waals surface area contributed by atoms with E-state index in [4.69, 9.17) is 15.2 Å². The molecule has 1 aromatic carbocycles. The van der Waals surface area contributed by atoms with Crippen molar-refractivity contribution in [2.75, 3.05) is 26.3 Å². The third kappa shape index (κ3) is 7.27. The van der Waals surface area contributed by atoms with Crippen LogP contribution in [0.4, 0.5) is 0 Å². The molecule has 0 saturated heterocycles. The molecule has 0 amide bonds. The summed E-state index contributed by atoms with van der Waals surface area (Å²) in [6.07, 6.45) is 0.167. The first-order chi connectivity index (χ1) is 10.0. The van der Waals surface area contributed by atoms with Crippen LogP contribution in [0.15, 0.2) is 36.4 Å². The Morgan fingerprint density at radius 1 is 1.38 bits per heavy atom. The van der Waals surface area contributed by atoms with Crippen LogP contribution in [-0.4, -0.2) is 32.4 Å². The van der Waals surface area contributed by atoms with Crippen molar-refractivity contribution in [3.8, 4) is 5.75 Å². The molecule has 0 fully saturated rings. The molecule has 118 valence electrons.